The molecule has 0 bridgehead atoms. The molecule has 0 spiro atoms. The van der Waals surface area contributed by atoms with Crippen LogP contribution in [0, 0.1) is 16.0 Å². The Kier molecular flexibility index (Phi) is 3.90. The first-order valence-electron chi connectivity index (χ1n) is 5.90. The Morgan fingerprint density at radius 3 is 2.74 bits per heavy atom. The number of rotatable bonds is 4. The number of nitrogens with one attached hydrogen (secondary N) is 1. The summed E-state index contributed by atoms with van der Waals surface area (Å²) in [6, 6.07) is 4.25. The molecule has 2 N–H and O–H groups in total. The van der Waals surface area contributed by atoms with E-state index >= 15 is 0 Å². The molecule has 1 aliphatic rings. The van der Waals surface area contributed by atoms with Crippen molar-refractivity contribution in [2.45, 2.75) is 25.3 Å². The number of non-ortho nitro benzene ring substituents is 1. The molecular formula is C12H13ClN2O4. The van der Waals surface area contributed by atoms with Gasteiger partial charge in [-0.3, -0.25) is 14.9 Å². The minimum Gasteiger partial charge on any atom is -0.481 e. The lowest BCUT2D eigenvalue weighted by Crippen LogP contribution is -2.18. The van der Waals surface area contributed by atoms with Gasteiger partial charge >= 0.3 is 5.97 Å². The van der Waals surface area contributed by atoms with Crippen LogP contribution in [-0.4, -0.2) is 22.0 Å². The number of benzene rings is 1. The molecule has 0 amide bonds. The Morgan fingerprint density at radius 2 is 2.21 bits per heavy atom. The second-order valence-corrected chi connectivity index (χ2v) is 5.02. The number of carboxylic acids is 1. The molecule has 0 aliphatic heterocycles. The Hall–Kier alpha value is -1.82. The van der Waals surface area contributed by atoms with Crippen LogP contribution < -0.4 is 5.32 Å². The maximum absolute atomic E-state index is 10.9. The molecule has 1 aromatic carbocycles. The number of nitro benzene ring substituents is 1. The Morgan fingerprint density at radius 1 is 1.47 bits per heavy atom. The topological polar surface area (TPSA) is 92.5 Å². The van der Waals surface area contributed by atoms with Gasteiger partial charge in [0, 0.05) is 18.2 Å². The monoisotopic (exact) mass is 284 g/mol. The summed E-state index contributed by atoms with van der Waals surface area (Å²) >= 11 is 5.97. The molecule has 0 saturated heterocycles. The lowest BCUT2D eigenvalue weighted by molar-refractivity contribution is -0.384. The highest BCUT2D eigenvalue weighted by Gasteiger charge is 2.29. The van der Waals surface area contributed by atoms with Gasteiger partial charge in [0.1, 0.15) is 0 Å². The maximum Gasteiger partial charge on any atom is 0.306 e. The highest BCUT2D eigenvalue weighted by molar-refractivity contribution is 6.33. The Labute approximate surface area is 114 Å². The number of nitrogens with zero attached hydrogens (tertiary/aromatic N) is 1. The number of hydrogen-bond donors (Lipinski definition) is 2. The lowest BCUT2D eigenvalue weighted by atomic mass is 10.1. The summed E-state index contributed by atoms with van der Waals surface area (Å²) < 4.78 is 0. The first-order valence-corrected chi connectivity index (χ1v) is 6.28. The molecule has 0 radical (unpaired) electrons. The maximum atomic E-state index is 10.9. The number of hydrogen-bond acceptors (Lipinski definition) is 4. The zero-order valence-electron chi connectivity index (χ0n) is 10.0. The minimum absolute atomic E-state index is 0.0417. The van der Waals surface area contributed by atoms with E-state index in [2.05, 4.69) is 5.32 Å². The number of nitro groups is 1. The van der Waals surface area contributed by atoms with Crippen molar-refractivity contribution >= 4 is 28.9 Å². The third-order valence-electron chi connectivity index (χ3n) is 3.30. The summed E-state index contributed by atoms with van der Waals surface area (Å²) in [5, 5.41) is 22.9. The molecule has 6 nitrogen and oxygen atoms in total. The summed E-state index contributed by atoms with van der Waals surface area (Å²) in [5.41, 5.74) is 0.536. The van der Waals surface area contributed by atoms with Crippen LogP contribution in [0.15, 0.2) is 18.2 Å². The lowest BCUT2D eigenvalue weighted by Gasteiger charge is -2.15. The van der Waals surface area contributed by atoms with Crippen LogP contribution in [0.3, 0.4) is 0 Å². The first kappa shape index (κ1) is 13.6. The largest absolute Gasteiger partial charge is 0.481 e. The first-order chi connectivity index (χ1) is 8.97. The fourth-order valence-corrected chi connectivity index (χ4v) is 2.52. The molecular weight excluding hydrogens is 272 g/mol. The highest BCUT2D eigenvalue weighted by atomic mass is 35.5. The molecule has 102 valence electrons. The second kappa shape index (κ2) is 5.44. The van der Waals surface area contributed by atoms with E-state index in [1.165, 1.54) is 12.1 Å². The Bertz CT molecular complexity index is 520. The predicted molar refractivity (Wildman–Crippen MR) is 70.5 cm³/mol. The van der Waals surface area contributed by atoms with E-state index in [1.54, 1.807) is 6.07 Å². The van der Waals surface area contributed by atoms with Crippen molar-refractivity contribution in [3.05, 3.63) is 33.3 Å². The molecule has 0 aromatic heterocycles. The van der Waals surface area contributed by atoms with Crippen LogP contribution in [0.5, 0.6) is 0 Å². The van der Waals surface area contributed by atoms with Gasteiger partial charge in [-0.15, -0.1) is 0 Å². The number of carbonyl (C=O) groups is 1. The smallest absolute Gasteiger partial charge is 0.306 e. The average Bonchev–Trinajstić information content (AvgIpc) is 2.80. The Balaban J connectivity index is 2.04. The van der Waals surface area contributed by atoms with Gasteiger partial charge in [-0.1, -0.05) is 11.6 Å². The summed E-state index contributed by atoms with van der Waals surface area (Å²) in [6.45, 7) is 0. The molecule has 0 unspecified atom stereocenters. The van der Waals surface area contributed by atoms with Crippen LogP contribution in [-0.2, 0) is 4.79 Å². The summed E-state index contributed by atoms with van der Waals surface area (Å²) in [4.78, 5) is 20.9. The van der Waals surface area contributed by atoms with Gasteiger partial charge in [-0.05, 0) is 25.3 Å². The van der Waals surface area contributed by atoms with Gasteiger partial charge in [0.2, 0.25) is 0 Å². The van der Waals surface area contributed by atoms with Crippen LogP contribution in [0.4, 0.5) is 11.4 Å². The molecule has 0 heterocycles. The number of carboxylic acid groups (broad SMARTS) is 1. The predicted octanol–water partition coefficient (Wildman–Crippen LogP) is 2.91. The fourth-order valence-electron chi connectivity index (χ4n) is 2.29. The molecule has 19 heavy (non-hydrogen) atoms. The average molecular weight is 285 g/mol. The van der Waals surface area contributed by atoms with Crippen molar-refractivity contribution in [1.82, 2.24) is 0 Å². The van der Waals surface area contributed by atoms with E-state index in [0.29, 0.717) is 18.5 Å². The van der Waals surface area contributed by atoms with E-state index in [0.717, 1.165) is 6.42 Å². The molecule has 2 atom stereocenters. The molecule has 7 heteroatoms. The van der Waals surface area contributed by atoms with Crippen LogP contribution in [0.1, 0.15) is 19.3 Å². The standard InChI is InChI=1S/C12H13ClN2O4/c13-10-6-9(15(18)19)3-4-11(10)14-8-2-1-7(5-8)12(16)17/h3-4,6-8,14H,1-2,5H2,(H,16,17)/t7-,8+/m1/s1. The van der Waals surface area contributed by atoms with Crippen molar-refractivity contribution in [1.29, 1.82) is 0 Å². The van der Waals surface area contributed by atoms with Gasteiger partial charge in [0.25, 0.3) is 5.69 Å². The third kappa shape index (κ3) is 3.14. The van der Waals surface area contributed by atoms with Crippen molar-refractivity contribution < 1.29 is 14.8 Å². The van der Waals surface area contributed by atoms with Gasteiger partial charge in [0.05, 0.1) is 21.6 Å². The zero-order chi connectivity index (χ0) is 14.0. The molecule has 1 aliphatic carbocycles. The summed E-state index contributed by atoms with van der Waals surface area (Å²) in [6.07, 6.45) is 1.94. The summed E-state index contributed by atoms with van der Waals surface area (Å²) in [7, 11) is 0. The molecule has 1 saturated carbocycles. The number of aliphatic carboxylic acids is 1. The van der Waals surface area contributed by atoms with Gasteiger partial charge < -0.3 is 10.4 Å². The highest BCUT2D eigenvalue weighted by Crippen LogP contribution is 2.32. The van der Waals surface area contributed by atoms with Crippen LogP contribution in [0.25, 0.3) is 0 Å². The van der Waals surface area contributed by atoms with Crippen LogP contribution >= 0.6 is 11.6 Å². The summed E-state index contributed by atoms with van der Waals surface area (Å²) in [5.74, 6) is -1.10. The van der Waals surface area contributed by atoms with Crippen molar-refractivity contribution in [3.8, 4) is 0 Å². The molecule has 1 aromatic rings. The van der Waals surface area contributed by atoms with Crippen molar-refractivity contribution in [2.24, 2.45) is 5.92 Å². The van der Waals surface area contributed by atoms with Crippen molar-refractivity contribution in [3.63, 3.8) is 0 Å². The molecule has 1 fully saturated rings. The van der Waals surface area contributed by atoms with E-state index in [9.17, 15) is 14.9 Å². The normalized spacial score (nSPS) is 22.2. The fraction of sp³-hybridized carbons (Fsp3) is 0.417. The van der Waals surface area contributed by atoms with E-state index in [-0.39, 0.29) is 22.7 Å². The SMILES string of the molecule is O=C(O)[C@@H]1CC[C@H](Nc2ccc([N+](=O)[O-])cc2Cl)C1. The van der Waals surface area contributed by atoms with Crippen molar-refractivity contribution in [2.75, 3.05) is 5.32 Å². The van der Waals surface area contributed by atoms with Crippen LogP contribution in [0.2, 0.25) is 5.02 Å². The van der Waals surface area contributed by atoms with E-state index < -0.39 is 10.9 Å². The van der Waals surface area contributed by atoms with Gasteiger partial charge in [-0.2, -0.15) is 0 Å². The zero-order valence-corrected chi connectivity index (χ0v) is 10.8. The van der Waals surface area contributed by atoms with E-state index in [1.807, 2.05) is 0 Å². The quantitative estimate of drug-likeness (QED) is 0.655. The number of anilines is 1. The third-order valence-corrected chi connectivity index (χ3v) is 3.62. The number of halogens is 1. The van der Waals surface area contributed by atoms with E-state index in [4.69, 9.17) is 16.7 Å². The van der Waals surface area contributed by atoms with Gasteiger partial charge in [0.15, 0.2) is 0 Å². The molecule has 2 rings (SSSR count). The minimum atomic E-state index is -0.779. The second-order valence-electron chi connectivity index (χ2n) is 4.61. The van der Waals surface area contributed by atoms with Gasteiger partial charge in [-0.25, -0.2) is 0 Å².